The van der Waals surface area contributed by atoms with Crippen LogP contribution in [0.3, 0.4) is 0 Å². The van der Waals surface area contributed by atoms with Gasteiger partial charge in [-0.1, -0.05) is 68.8 Å². The van der Waals surface area contributed by atoms with Crippen LogP contribution in [0.15, 0.2) is 48.5 Å². The highest BCUT2D eigenvalue weighted by Gasteiger charge is 2.47. The number of hydrogen-bond acceptors (Lipinski definition) is 4. The van der Waals surface area contributed by atoms with E-state index in [-0.39, 0.29) is 43.2 Å². The molecule has 1 fully saturated rings. The number of ether oxygens (including phenoxy) is 1. The van der Waals surface area contributed by atoms with Crippen molar-refractivity contribution in [2.24, 2.45) is 17.3 Å². The number of hydrogen-bond donors (Lipinski definition) is 2. The van der Waals surface area contributed by atoms with Crippen LogP contribution in [-0.4, -0.2) is 54.2 Å². The maximum atomic E-state index is 12.8. The first-order valence-electron chi connectivity index (χ1n) is 12.3. The van der Waals surface area contributed by atoms with E-state index < -0.39 is 17.5 Å². The minimum absolute atomic E-state index is 0.00241. The van der Waals surface area contributed by atoms with E-state index in [0.29, 0.717) is 13.1 Å². The van der Waals surface area contributed by atoms with E-state index in [2.05, 4.69) is 29.6 Å². The van der Waals surface area contributed by atoms with Crippen molar-refractivity contribution in [2.45, 2.75) is 39.5 Å². The van der Waals surface area contributed by atoms with Crippen LogP contribution >= 0.6 is 0 Å². The third kappa shape index (κ3) is 4.90. The van der Waals surface area contributed by atoms with Crippen LogP contribution in [-0.2, 0) is 14.3 Å². The van der Waals surface area contributed by atoms with Crippen molar-refractivity contribution in [3.63, 3.8) is 0 Å². The monoisotopic (exact) mass is 478 g/mol. The first-order chi connectivity index (χ1) is 16.7. The number of carboxylic acid groups (broad SMARTS) is 1. The molecule has 1 unspecified atom stereocenters. The number of benzene rings is 2. The van der Waals surface area contributed by atoms with Gasteiger partial charge in [-0.2, -0.15) is 0 Å². The molecular formula is C28H34N2O5. The summed E-state index contributed by atoms with van der Waals surface area (Å²) in [5.41, 5.74) is 3.75. The predicted octanol–water partition coefficient (Wildman–Crippen LogP) is 4.51. The summed E-state index contributed by atoms with van der Waals surface area (Å²) in [5, 5.41) is 12.4. The predicted molar refractivity (Wildman–Crippen MR) is 133 cm³/mol. The van der Waals surface area contributed by atoms with E-state index >= 15 is 0 Å². The Morgan fingerprint density at radius 3 is 2.26 bits per heavy atom. The minimum atomic E-state index is -0.920. The maximum absolute atomic E-state index is 12.8. The van der Waals surface area contributed by atoms with Gasteiger partial charge < -0.3 is 20.1 Å². The number of likely N-dealkylation sites (tertiary alicyclic amines) is 1. The van der Waals surface area contributed by atoms with Gasteiger partial charge in [0.1, 0.15) is 6.61 Å². The molecule has 2 aromatic carbocycles. The fraction of sp³-hybridized carbons (Fsp3) is 0.464. The molecule has 0 aromatic heterocycles. The number of fused-ring (bicyclic) bond motifs is 3. The highest BCUT2D eigenvalue weighted by Crippen LogP contribution is 2.44. The summed E-state index contributed by atoms with van der Waals surface area (Å²) in [5.74, 6) is -1.09. The second-order valence-corrected chi connectivity index (χ2v) is 10.1. The molecule has 7 heteroatoms. The molecule has 0 saturated carbocycles. The lowest BCUT2D eigenvalue weighted by Crippen LogP contribution is -2.38. The summed E-state index contributed by atoms with van der Waals surface area (Å²) < 4.78 is 5.60. The van der Waals surface area contributed by atoms with Gasteiger partial charge in [0.05, 0.1) is 5.41 Å². The number of rotatable bonds is 8. The Hall–Kier alpha value is -3.35. The maximum Gasteiger partial charge on any atom is 0.407 e. The van der Waals surface area contributed by atoms with Crippen molar-refractivity contribution in [3.8, 4) is 11.1 Å². The summed E-state index contributed by atoms with van der Waals surface area (Å²) in [4.78, 5) is 38.6. The number of nitrogens with zero attached hydrogens (tertiary/aromatic N) is 1. The quantitative estimate of drug-likeness (QED) is 0.582. The highest BCUT2D eigenvalue weighted by atomic mass is 16.5. The zero-order valence-corrected chi connectivity index (χ0v) is 20.6. The van der Waals surface area contributed by atoms with Crippen molar-refractivity contribution >= 4 is 18.0 Å². The van der Waals surface area contributed by atoms with Crippen LogP contribution in [0.1, 0.15) is 50.7 Å². The lowest BCUT2D eigenvalue weighted by atomic mass is 9.81. The van der Waals surface area contributed by atoms with Crippen molar-refractivity contribution in [1.82, 2.24) is 10.2 Å². The molecule has 0 radical (unpaired) electrons. The molecule has 7 nitrogen and oxygen atoms in total. The van der Waals surface area contributed by atoms with Crippen LogP contribution in [0.2, 0.25) is 0 Å². The summed E-state index contributed by atoms with van der Waals surface area (Å²) in [6.07, 6.45) is 0.489. The molecule has 2 N–H and O–H groups in total. The van der Waals surface area contributed by atoms with Crippen molar-refractivity contribution < 1.29 is 24.2 Å². The average Bonchev–Trinajstić information content (AvgIpc) is 3.35. The van der Waals surface area contributed by atoms with E-state index in [9.17, 15) is 19.5 Å². The fourth-order valence-electron chi connectivity index (χ4n) is 5.23. The molecule has 1 saturated heterocycles. The fourth-order valence-corrected chi connectivity index (χ4v) is 5.23. The molecule has 2 aliphatic rings. The molecule has 35 heavy (non-hydrogen) atoms. The van der Waals surface area contributed by atoms with Crippen molar-refractivity contribution in [1.29, 1.82) is 0 Å². The van der Waals surface area contributed by atoms with Gasteiger partial charge in [0.2, 0.25) is 5.91 Å². The summed E-state index contributed by atoms with van der Waals surface area (Å²) in [7, 11) is 0. The highest BCUT2D eigenvalue weighted by molar-refractivity contribution is 5.81. The van der Waals surface area contributed by atoms with Gasteiger partial charge in [0.15, 0.2) is 0 Å². The molecule has 0 spiro atoms. The molecule has 186 valence electrons. The number of amides is 2. The Morgan fingerprint density at radius 2 is 1.71 bits per heavy atom. The van der Waals surface area contributed by atoms with Gasteiger partial charge >= 0.3 is 12.1 Å². The Bertz CT molecular complexity index is 1070. The summed E-state index contributed by atoms with van der Waals surface area (Å²) >= 11 is 0. The van der Waals surface area contributed by atoms with Gasteiger partial charge in [0.25, 0.3) is 0 Å². The van der Waals surface area contributed by atoms with Gasteiger partial charge in [-0.3, -0.25) is 9.59 Å². The van der Waals surface area contributed by atoms with Crippen LogP contribution in [0, 0.1) is 17.3 Å². The SMILES string of the molecule is CCC(CNC(=O)OCC1c2ccccc2-c2ccccc21)CC(=O)N1C[C@@H](C)[C@](C)(C(=O)O)C1. The van der Waals surface area contributed by atoms with Crippen LogP contribution in [0.25, 0.3) is 11.1 Å². The summed E-state index contributed by atoms with van der Waals surface area (Å²) in [6.45, 7) is 6.79. The third-order valence-corrected chi connectivity index (χ3v) is 7.86. The van der Waals surface area contributed by atoms with Crippen LogP contribution in [0.5, 0.6) is 0 Å². The van der Waals surface area contributed by atoms with Gasteiger partial charge in [-0.15, -0.1) is 0 Å². The number of nitrogens with one attached hydrogen (secondary N) is 1. The Kier molecular flexibility index (Phi) is 7.15. The second kappa shape index (κ2) is 10.1. The number of carboxylic acids is 1. The molecule has 3 atom stereocenters. The van der Waals surface area contributed by atoms with Crippen molar-refractivity contribution in [3.05, 3.63) is 59.7 Å². The van der Waals surface area contributed by atoms with Crippen LogP contribution < -0.4 is 5.32 Å². The number of carbonyl (C=O) groups excluding carboxylic acids is 2. The molecule has 1 heterocycles. The summed E-state index contributed by atoms with van der Waals surface area (Å²) in [6, 6.07) is 16.4. The normalized spacial score (nSPS) is 21.8. The third-order valence-electron chi connectivity index (χ3n) is 7.86. The zero-order chi connectivity index (χ0) is 25.2. The Morgan fingerprint density at radius 1 is 1.11 bits per heavy atom. The van der Waals surface area contributed by atoms with Gasteiger partial charge in [-0.25, -0.2) is 4.79 Å². The topological polar surface area (TPSA) is 95.9 Å². The minimum Gasteiger partial charge on any atom is -0.481 e. The first kappa shape index (κ1) is 24.8. The lowest BCUT2D eigenvalue weighted by molar-refractivity contribution is -0.149. The largest absolute Gasteiger partial charge is 0.481 e. The van der Waals surface area contributed by atoms with Gasteiger partial charge in [-0.05, 0) is 41.0 Å². The van der Waals surface area contributed by atoms with E-state index in [1.54, 1.807) is 11.8 Å². The smallest absolute Gasteiger partial charge is 0.407 e. The molecule has 4 rings (SSSR count). The zero-order valence-electron chi connectivity index (χ0n) is 20.6. The standard InChI is InChI=1S/C28H34N2O5/c1-4-19(13-25(31)30-15-18(2)28(3,17-30)26(32)33)14-29-27(34)35-16-24-22-11-7-5-9-20(22)21-10-6-8-12-23(21)24/h5-12,18-19,24H,4,13-17H2,1-3H3,(H,29,34)(H,32,33)/t18-,19?,28-/m1/s1. The van der Waals surface area contributed by atoms with Crippen LogP contribution in [0.4, 0.5) is 4.79 Å². The Labute approximate surface area is 206 Å². The second-order valence-electron chi connectivity index (χ2n) is 10.1. The lowest BCUT2D eigenvalue weighted by Gasteiger charge is -2.23. The van der Waals surface area contributed by atoms with E-state index in [0.717, 1.165) is 17.5 Å². The van der Waals surface area contributed by atoms with E-state index in [1.165, 1.54) is 11.1 Å². The number of alkyl carbamates (subject to hydrolysis) is 1. The first-order valence-corrected chi connectivity index (χ1v) is 12.3. The average molecular weight is 479 g/mol. The number of aliphatic carboxylic acids is 1. The Balaban J connectivity index is 1.28. The van der Waals surface area contributed by atoms with E-state index in [1.807, 2.05) is 38.1 Å². The van der Waals surface area contributed by atoms with Gasteiger partial charge in [0, 0.05) is 32.0 Å². The molecular weight excluding hydrogens is 444 g/mol. The molecule has 0 bridgehead atoms. The molecule has 1 aliphatic heterocycles. The van der Waals surface area contributed by atoms with Crippen molar-refractivity contribution in [2.75, 3.05) is 26.2 Å². The molecule has 2 aromatic rings. The molecule has 2 amide bonds. The number of carbonyl (C=O) groups is 3. The van der Waals surface area contributed by atoms with E-state index in [4.69, 9.17) is 4.74 Å². The molecule has 1 aliphatic carbocycles.